The molecular formula is C45H30O. The average molecular weight is 587 g/mol. The minimum atomic E-state index is -0.191. The minimum Gasteiger partial charge on any atom is -0.455 e. The van der Waals surface area contributed by atoms with Gasteiger partial charge in [0, 0.05) is 21.6 Å². The van der Waals surface area contributed by atoms with Gasteiger partial charge in [-0.3, -0.25) is 0 Å². The van der Waals surface area contributed by atoms with Crippen molar-refractivity contribution in [1.82, 2.24) is 0 Å². The van der Waals surface area contributed by atoms with Crippen molar-refractivity contribution in [3.05, 3.63) is 157 Å². The highest BCUT2D eigenvalue weighted by atomic mass is 16.3. The van der Waals surface area contributed by atoms with Gasteiger partial charge in [-0.15, -0.1) is 0 Å². The molecule has 46 heavy (non-hydrogen) atoms. The molecule has 1 aliphatic rings. The molecular weight excluding hydrogens is 556 g/mol. The Labute approximate surface area is 267 Å². The van der Waals surface area contributed by atoms with Crippen molar-refractivity contribution < 1.29 is 4.42 Å². The van der Waals surface area contributed by atoms with Crippen molar-refractivity contribution in [2.24, 2.45) is 0 Å². The van der Waals surface area contributed by atoms with Crippen LogP contribution in [0.15, 0.2) is 150 Å². The van der Waals surface area contributed by atoms with Crippen molar-refractivity contribution in [2.45, 2.75) is 19.3 Å². The highest BCUT2D eigenvalue weighted by Gasteiger charge is 2.38. The molecule has 0 spiro atoms. The molecule has 216 valence electrons. The van der Waals surface area contributed by atoms with Crippen LogP contribution in [-0.2, 0) is 5.41 Å². The van der Waals surface area contributed by atoms with Crippen molar-refractivity contribution in [2.75, 3.05) is 0 Å². The first-order valence-electron chi connectivity index (χ1n) is 16.1. The fourth-order valence-corrected chi connectivity index (χ4v) is 8.33. The van der Waals surface area contributed by atoms with Crippen LogP contribution in [0.2, 0.25) is 0 Å². The third kappa shape index (κ3) is 3.40. The number of hydrogen-bond acceptors (Lipinski definition) is 1. The van der Waals surface area contributed by atoms with E-state index in [0.29, 0.717) is 0 Å². The van der Waals surface area contributed by atoms with Crippen LogP contribution in [0.4, 0.5) is 0 Å². The summed E-state index contributed by atoms with van der Waals surface area (Å²) in [6.45, 7) is 4.81. The second-order valence-electron chi connectivity index (χ2n) is 13.2. The minimum absolute atomic E-state index is 0.191. The maximum Gasteiger partial charge on any atom is 0.143 e. The Morgan fingerprint density at radius 1 is 0.435 bits per heavy atom. The van der Waals surface area contributed by atoms with E-state index in [1.165, 1.54) is 76.8 Å². The molecule has 9 aromatic rings. The summed E-state index contributed by atoms with van der Waals surface area (Å²) in [5.74, 6) is 0. The zero-order valence-corrected chi connectivity index (χ0v) is 25.8. The zero-order valence-electron chi connectivity index (χ0n) is 25.8. The predicted molar refractivity (Wildman–Crippen MR) is 195 cm³/mol. The first kappa shape index (κ1) is 25.6. The van der Waals surface area contributed by atoms with Crippen LogP contribution in [0.25, 0.3) is 87.6 Å². The molecule has 0 atom stereocenters. The number of furan rings is 1. The van der Waals surface area contributed by atoms with Gasteiger partial charge in [0.05, 0.1) is 0 Å². The van der Waals surface area contributed by atoms with Crippen LogP contribution in [0.5, 0.6) is 0 Å². The maximum absolute atomic E-state index is 6.55. The van der Waals surface area contributed by atoms with Gasteiger partial charge >= 0.3 is 0 Å². The van der Waals surface area contributed by atoms with E-state index in [-0.39, 0.29) is 5.41 Å². The molecule has 0 bridgehead atoms. The maximum atomic E-state index is 6.55. The standard InChI is InChI=1S/C45H30O/c1-45(2)39-26-30(32-16-9-19-40-42(32)38-25-20-28-11-4-6-15-33(28)44(38)46-40)22-23-35(39)37-24-21-29-13-8-18-36(41(29)43(37)45)34-17-7-12-27-10-3-5-14-31(27)34/h3-26H,1-2H3. The van der Waals surface area contributed by atoms with E-state index in [1.807, 2.05) is 0 Å². The molecule has 1 heteroatoms. The quantitative estimate of drug-likeness (QED) is 0.196. The van der Waals surface area contributed by atoms with Gasteiger partial charge in [-0.05, 0) is 89.6 Å². The lowest BCUT2D eigenvalue weighted by molar-refractivity contribution is 0.666. The third-order valence-corrected chi connectivity index (χ3v) is 10.4. The molecule has 0 unspecified atom stereocenters. The normalized spacial score (nSPS) is 13.6. The molecule has 0 N–H and O–H groups in total. The lowest BCUT2D eigenvalue weighted by Crippen LogP contribution is -2.16. The molecule has 0 aliphatic heterocycles. The van der Waals surface area contributed by atoms with Gasteiger partial charge in [0.25, 0.3) is 0 Å². The van der Waals surface area contributed by atoms with Crippen LogP contribution in [0, 0.1) is 0 Å². The lowest BCUT2D eigenvalue weighted by atomic mass is 9.78. The predicted octanol–water partition coefficient (Wildman–Crippen LogP) is 12.7. The molecule has 10 rings (SSSR count). The number of benzene rings is 8. The monoisotopic (exact) mass is 586 g/mol. The molecule has 0 amide bonds. The van der Waals surface area contributed by atoms with E-state index in [1.54, 1.807) is 0 Å². The molecule has 1 nitrogen and oxygen atoms in total. The van der Waals surface area contributed by atoms with Crippen LogP contribution in [-0.4, -0.2) is 0 Å². The summed E-state index contributed by atoms with van der Waals surface area (Å²) in [7, 11) is 0. The van der Waals surface area contributed by atoms with E-state index < -0.39 is 0 Å². The zero-order chi connectivity index (χ0) is 30.6. The van der Waals surface area contributed by atoms with E-state index in [4.69, 9.17) is 4.42 Å². The van der Waals surface area contributed by atoms with Crippen LogP contribution in [0.1, 0.15) is 25.0 Å². The van der Waals surface area contributed by atoms with Gasteiger partial charge in [-0.2, -0.15) is 0 Å². The molecule has 0 saturated heterocycles. The first-order chi connectivity index (χ1) is 22.6. The van der Waals surface area contributed by atoms with E-state index in [0.717, 1.165) is 21.9 Å². The first-order valence-corrected chi connectivity index (χ1v) is 16.1. The highest BCUT2D eigenvalue weighted by molar-refractivity contribution is 6.19. The summed E-state index contributed by atoms with van der Waals surface area (Å²) in [5.41, 5.74) is 12.2. The summed E-state index contributed by atoms with van der Waals surface area (Å²) >= 11 is 0. The van der Waals surface area contributed by atoms with Gasteiger partial charge in [-0.25, -0.2) is 0 Å². The largest absolute Gasteiger partial charge is 0.455 e. The second kappa shape index (κ2) is 9.19. The fraction of sp³-hybridized carbons (Fsp3) is 0.0667. The number of rotatable bonds is 2. The summed E-state index contributed by atoms with van der Waals surface area (Å²) in [4.78, 5) is 0. The van der Waals surface area contributed by atoms with Gasteiger partial charge in [0.1, 0.15) is 11.2 Å². The van der Waals surface area contributed by atoms with Crippen LogP contribution >= 0.6 is 0 Å². The van der Waals surface area contributed by atoms with E-state index in [2.05, 4.69) is 159 Å². The number of hydrogen-bond donors (Lipinski definition) is 0. The summed E-state index contributed by atoms with van der Waals surface area (Å²) in [5, 5.41) is 9.90. The van der Waals surface area contributed by atoms with E-state index in [9.17, 15) is 0 Å². The molecule has 1 aromatic heterocycles. The van der Waals surface area contributed by atoms with Crippen molar-refractivity contribution in [3.63, 3.8) is 0 Å². The Kier molecular flexibility index (Phi) is 5.12. The molecule has 1 aliphatic carbocycles. The Bertz CT molecular complexity index is 2720. The van der Waals surface area contributed by atoms with Crippen molar-refractivity contribution in [3.8, 4) is 33.4 Å². The molecule has 0 radical (unpaired) electrons. The molecule has 0 fully saturated rings. The Morgan fingerprint density at radius 2 is 1.09 bits per heavy atom. The summed E-state index contributed by atoms with van der Waals surface area (Å²) in [6.07, 6.45) is 0. The highest BCUT2D eigenvalue weighted by Crippen LogP contribution is 2.54. The molecule has 0 saturated carbocycles. The summed E-state index contributed by atoms with van der Waals surface area (Å²) < 4.78 is 6.55. The molecule has 8 aromatic carbocycles. The SMILES string of the molecule is CC1(C)c2cc(-c3cccc4oc5c6ccccc6ccc5c34)ccc2-c2ccc3cccc(-c4cccc5ccccc45)c3c21. The third-order valence-electron chi connectivity index (χ3n) is 10.4. The van der Waals surface area contributed by atoms with Gasteiger partial charge in [0.2, 0.25) is 0 Å². The second-order valence-corrected chi connectivity index (χ2v) is 13.2. The number of fused-ring (bicyclic) bond motifs is 11. The lowest BCUT2D eigenvalue weighted by Gasteiger charge is -2.25. The van der Waals surface area contributed by atoms with Crippen molar-refractivity contribution >= 4 is 54.3 Å². The van der Waals surface area contributed by atoms with E-state index >= 15 is 0 Å². The Hall–Kier alpha value is -5.66. The fourth-order valence-electron chi connectivity index (χ4n) is 8.33. The van der Waals surface area contributed by atoms with Crippen LogP contribution < -0.4 is 0 Å². The topological polar surface area (TPSA) is 13.1 Å². The van der Waals surface area contributed by atoms with Gasteiger partial charge in [-0.1, -0.05) is 141 Å². The molecule has 1 heterocycles. The average Bonchev–Trinajstić information content (AvgIpc) is 3.60. The Balaban J connectivity index is 1.20. The smallest absolute Gasteiger partial charge is 0.143 e. The van der Waals surface area contributed by atoms with Crippen LogP contribution in [0.3, 0.4) is 0 Å². The van der Waals surface area contributed by atoms with Gasteiger partial charge < -0.3 is 4.42 Å². The van der Waals surface area contributed by atoms with Crippen molar-refractivity contribution in [1.29, 1.82) is 0 Å². The summed E-state index contributed by atoms with van der Waals surface area (Å²) in [6, 6.07) is 53.3. The Morgan fingerprint density at radius 3 is 1.96 bits per heavy atom. The van der Waals surface area contributed by atoms with Gasteiger partial charge in [0.15, 0.2) is 0 Å².